The predicted octanol–water partition coefficient (Wildman–Crippen LogP) is 3.78. The summed E-state index contributed by atoms with van der Waals surface area (Å²) in [6.45, 7) is 3.89. The Hall–Kier alpha value is -3.13. The number of amides is 2. The van der Waals surface area contributed by atoms with Gasteiger partial charge in [0, 0.05) is 23.4 Å². The van der Waals surface area contributed by atoms with Crippen molar-refractivity contribution in [3.05, 3.63) is 70.7 Å². The zero-order valence-corrected chi connectivity index (χ0v) is 18.4. The topological polar surface area (TPSA) is 105 Å². The molecule has 0 bridgehead atoms. The molecule has 0 aliphatic heterocycles. The lowest BCUT2D eigenvalue weighted by Gasteiger charge is -2.19. The highest BCUT2D eigenvalue weighted by Crippen LogP contribution is 2.44. The Kier molecular flexibility index (Phi) is 7.46. The zero-order valence-electron chi connectivity index (χ0n) is 16.8. The van der Waals surface area contributed by atoms with Crippen LogP contribution in [0.5, 0.6) is 0 Å². The van der Waals surface area contributed by atoms with Crippen LogP contribution in [0.2, 0.25) is 0 Å². The van der Waals surface area contributed by atoms with Crippen molar-refractivity contribution in [2.45, 2.75) is 24.8 Å². The maximum Gasteiger partial charge on any atom is 0.407 e. The average Bonchev–Trinajstić information content (AvgIpc) is 3.07. The van der Waals surface area contributed by atoms with Crippen LogP contribution in [0.4, 0.5) is 4.79 Å². The van der Waals surface area contributed by atoms with Gasteiger partial charge in [-0.25, -0.2) is 4.79 Å². The highest BCUT2D eigenvalue weighted by atomic mass is 79.9. The van der Waals surface area contributed by atoms with E-state index in [4.69, 9.17) is 9.84 Å². The summed E-state index contributed by atoms with van der Waals surface area (Å²) < 4.78 is 6.00. The largest absolute Gasteiger partial charge is 0.481 e. The van der Waals surface area contributed by atoms with Crippen molar-refractivity contribution in [2.24, 2.45) is 0 Å². The third-order valence-corrected chi connectivity index (χ3v) is 5.33. The number of carbonyl (C=O) groups excluding carboxylic acids is 2. The van der Waals surface area contributed by atoms with E-state index in [9.17, 15) is 14.4 Å². The fraction of sp³-hybridized carbons (Fsp3) is 0.261. The first-order valence-electron chi connectivity index (χ1n) is 9.81. The molecule has 162 valence electrons. The fourth-order valence-electron chi connectivity index (χ4n) is 3.63. The van der Waals surface area contributed by atoms with Gasteiger partial charge < -0.3 is 20.5 Å². The molecule has 0 saturated heterocycles. The van der Waals surface area contributed by atoms with Gasteiger partial charge in [-0.05, 0) is 28.7 Å². The van der Waals surface area contributed by atoms with E-state index in [1.807, 2.05) is 48.5 Å². The molecule has 1 atom stereocenters. The summed E-state index contributed by atoms with van der Waals surface area (Å²) in [5.74, 6) is -1.67. The number of carbonyl (C=O) groups is 3. The predicted molar refractivity (Wildman–Crippen MR) is 120 cm³/mol. The Bertz CT molecular complexity index is 961. The van der Waals surface area contributed by atoms with Crippen molar-refractivity contribution >= 4 is 33.9 Å². The average molecular weight is 487 g/mol. The van der Waals surface area contributed by atoms with Crippen molar-refractivity contribution in [3.63, 3.8) is 0 Å². The summed E-state index contributed by atoms with van der Waals surface area (Å²) in [7, 11) is 0. The highest BCUT2D eigenvalue weighted by Gasteiger charge is 2.29. The summed E-state index contributed by atoms with van der Waals surface area (Å²) in [4.78, 5) is 35.7. The molecule has 0 spiro atoms. The Labute approximate surface area is 188 Å². The molecular weight excluding hydrogens is 464 g/mol. The normalized spacial score (nSPS) is 12.9. The molecule has 8 heteroatoms. The third-order valence-electron chi connectivity index (χ3n) is 5.05. The van der Waals surface area contributed by atoms with Crippen LogP contribution in [0.3, 0.4) is 0 Å². The lowest BCUT2D eigenvalue weighted by molar-refractivity contribution is -0.137. The van der Waals surface area contributed by atoms with Crippen LogP contribution in [0.15, 0.2) is 59.6 Å². The number of benzene rings is 2. The molecule has 2 amide bonds. The number of fused-ring (bicyclic) bond motifs is 3. The Morgan fingerprint density at radius 2 is 1.65 bits per heavy atom. The summed E-state index contributed by atoms with van der Waals surface area (Å²) in [5, 5.41) is 14.0. The first-order valence-corrected chi connectivity index (χ1v) is 10.6. The van der Waals surface area contributed by atoms with Gasteiger partial charge in [-0.1, -0.05) is 71.0 Å². The van der Waals surface area contributed by atoms with E-state index in [0.717, 1.165) is 22.3 Å². The van der Waals surface area contributed by atoms with Crippen LogP contribution in [0.25, 0.3) is 11.1 Å². The summed E-state index contributed by atoms with van der Waals surface area (Å²) in [6.07, 6.45) is -1.10. The molecule has 3 N–H and O–H groups in total. The quantitative estimate of drug-likeness (QED) is 0.500. The molecule has 0 fully saturated rings. The number of hydrogen-bond donors (Lipinski definition) is 3. The van der Waals surface area contributed by atoms with Gasteiger partial charge in [-0.3, -0.25) is 9.59 Å². The Balaban J connectivity index is 1.65. The fourth-order valence-corrected chi connectivity index (χ4v) is 3.77. The smallest absolute Gasteiger partial charge is 0.407 e. The van der Waals surface area contributed by atoms with Gasteiger partial charge in [-0.15, -0.1) is 0 Å². The maximum absolute atomic E-state index is 12.4. The lowest BCUT2D eigenvalue weighted by Crippen LogP contribution is -2.47. The monoisotopic (exact) mass is 486 g/mol. The number of ether oxygens (including phenoxy) is 1. The molecule has 0 radical (unpaired) electrons. The second-order valence-corrected chi connectivity index (χ2v) is 8.31. The highest BCUT2D eigenvalue weighted by molar-refractivity contribution is 9.11. The number of carboxylic acid groups (broad SMARTS) is 1. The van der Waals surface area contributed by atoms with E-state index in [1.165, 1.54) is 0 Å². The molecule has 2 aromatic carbocycles. The molecule has 0 heterocycles. The van der Waals surface area contributed by atoms with Crippen LogP contribution in [-0.2, 0) is 14.3 Å². The SMILES string of the molecule is C=C(Br)CNC(=O)C(CCC(=O)O)NC(=O)OCC1c2ccccc2-c2ccccc21. The molecule has 1 aliphatic rings. The molecule has 1 unspecified atom stereocenters. The first-order chi connectivity index (χ1) is 14.9. The molecule has 3 rings (SSSR count). The minimum atomic E-state index is -1.06. The number of hydrogen-bond acceptors (Lipinski definition) is 4. The van der Waals surface area contributed by atoms with Crippen molar-refractivity contribution in [2.75, 3.05) is 13.2 Å². The summed E-state index contributed by atoms with van der Waals surface area (Å²) >= 11 is 3.14. The van der Waals surface area contributed by atoms with Gasteiger partial charge in [0.05, 0.1) is 0 Å². The Morgan fingerprint density at radius 1 is 1.06 bits per heavy atom. The maximum atomic E-state index is 12.4. The summed E-state index contributed by atoms with van der Waals surface area (Å²) in [5.41, 5.74) is 4.38. The van der Waals surface area contributed by atoms with Gasteiger partial charge in [0.2, 0.25) is 5.91 Å². The number of nitrogens with one attached hydrogen (secondary N) is 2. The molecule has 0 saturated carbocycles. The number of halogens is 1. The Morgan fingerprint density at radius 3 is 2.19 bits per heavy atom. The van der Waals surface area contributed by atoms with Gasteiger partial charge >= 0.3 is 12.1 Å². The van der Waals surface area contributed by atoms with Crippen LogP contribution >= 0.6 is 15.9 Å². The number of alkyl carbamates (subject to hydrolysis) is 1. The van der Waals surface area contributed by atoms with E-state index in [0.29, 0.717) is 4.48 Å². The molecule has 2 aromatic rings. The van der Waals surface area contributed by atoms with Gasteiger partial charge in [0.25, 0.3) is 0 Å². The molecule has 7 nitrogen and oxygen atoms in total. The molecule has 1 aliphatic carbocycles. The second kappa shape index (κ2) is 10.3. The summed E-state index contributed by atoms with van der Waals surface area (Å²) in [6, 6.07) is 14.9. The standard InChI is InChI=1S/C23H23BrN2O5/c1-14(24)12-25-22(29)20(10-11-21(27)28)26-23(30)31-13-19-17-8-4-2-6-15(17)16-7-3-5-9-18(16)19/h2-9,19-20H,1,10-13H2,(H,25,29)(H,26,30)(H,27,28). The number of carboxylic acids is 1. The number of rotatable bonds is 9. The van der Waals surface area contributed by atoms with E-state index in [-0.39, 0.29) is 31.9 Å². The first kappa shape index (κ1) is 22.6. The van der Waals surface area contributed by atoms with E-state index < -0.39 is 24.0 Å². The molecule has 0 aromatic heterocycles. The third kappa shape index (κ3) is 5.73. The zero-order chi connectivity index (χ0) is 22.4. The van der Waals surface area contributed by atoms with Crippen molar-refractivity contribution in [1.29, 1.82) is 0 Å². The van der Waals surface area contributed by atoms with E-state index in [1.54, 1.807) is 0 Å². The van der Waals surface area contributed by atoms with Gasteiger partial charge in [-0.2, -0.15) is 0 Å². The van der Waals surface area contributed by atoms with Crippen molar-refractivity contribution in [3.8, 4) is 11.1 Å². The van der Waals surface area contributed by atoms with E-state index in [2.05, 4.69) is 33.1 Å². The van der Waals surface area contributed by atoms with E-state index >= 15 is 0 Å². The lowest BCUT2D eigenvalue weighted by atomic mass is 9.98. The van der Waals surface area contributed by atoms with Crippen LogP contribution in [0, 0.1) is 0 Å². The van der Waals surface area contributed by atoms with Crippen molar-refractivity contribution in [1.82, 2.24) is 10.6 Å². The molecular formula is C23H23BrN2O5. The van der Waals surface area contributed by atoms with Gasteiger partial charge in [0.1, 0.15) is 12.6 Å². The molecule has 31 heavy (non-hydrogen) atoms. The minimum absolute atomic E-state index is 0.0554. The van der Waals surface area contributed by atoms with Gasteiger partial charge in [0.15, 0.2) is 0 Å². The minimum Gasteiger partial charge on any atom is -0.481 e. The van der Waals surface area contributed by atoms with Crippen LogP contribution in [0.1, 0.15) is 29.9 Å². The van der Waals surface area contributed by atoms with Crippen molar-refractivity contribution < 1.29 is 24.2 Å². The van der Waals surface area contributed by atoms with Crippen LogP contribution < -0.4 is 10.6 Å². The second-order valence-electron chi connectivity index (χ2n) is 7.19. The van der Waals surface area contributed by atoms with Crippen LogP contribution in [-0.4, -0.2) is 42.3 Å². The number of aliphatic carboxylic acids is 1.